The molecule has 0 aliphatic carbocycles. The van der Waals surface area contributed by atoms with Gasteiger partial charge in [0, 0.05) is 36.1 Å². The quantitative estimate of drug-likeness (QED) is 0.557. The predicted octanol–water partition coefficient (Wildman–Crippen LogP) is 4.01. The number of benzene rings is 1. The number of guanidine groups is 1. The minimum Gasteiger partial charge on any atom is -0.357 e. The molecule has 2 N–H and O–H groups in total. The van der Waals surface area contributed by atoms with Gasteiger partial charge in [-0.05, 0) is 52.0 Å². The van der Waals surface area contributed by atoms with Crippen molar-refractivity contribution in [3.8, 4) is 0 Å². The maximum absolute atomic E-state index is 4.82. The molecule has 6 heteroatoms. The van der Waals surface area contributed by atoms with E-state index in [-0.39, 0.29) is 0 Å². The Labute approximate surface area is 178 Å². The first-order valence-corrected chi connectivity index (χ1v) is 11.7. The average Bonchev–Trinajstić information content (AvgIpc) is 3.15. The summed E-state index contributed by atoms with van der Waals surface area (Å²) in [6, 6.07) is 12.8. The Bertz CT molecular complexity index is 798. The molecule has 2 aliphatic heterocycles. The third-order valence-electron chi connectivity index (χ3n) is 6.22. The molecule has 1 aromatic carbocycles. The number of aromatic nitrogens is 1. The molecule has 5 nitrogen and oxygen atoms in total. The molecule has 3 heterocycles. The number of thiazole rings is 1. The van der Waals surface area contributed by atoms with Crippen LogP contribution in [0.25, 0.3) is 0 Å². The summed E-state index contributed by atoms with van der Waals surface area (Å²) in [7, 11) is 0. The van der Waals surface area contributed by atoms with E-state index in [1.165, 1.54) is 36.1 Å². The van der Waals surface area contributed by atoms with Gasteiger partial charge < -0.3 is 10.6 Å². The molecule has 1 aromatic heterocycles. The molecule has 0 spiro atoms. The van der Waals surface area contributed by atoms with Crippen LogP contribution in [0, 0.1) is 13.8 Å². The minimum absolute atomic E-state index is 0.497. The van der Waals surface area contributed by atoms with Crippen molar-refractivity contribution in [3.63, 3.8) is 0 Å². The summed E-state index contributed by atoms with van der Waals surface area (Å²) in [5.74, 6) is 0.930. The first kappa shape index (κ1) is 20.4. The summed E-state index contributed by atoms with van der Waals surface area (Å²) in [6.07, 6.45) is 5.04. The molecule has 0 saturated carbocycles. The van der Waals surface area contributed by atoms with Gasteiger partial charge in [-0.25, -0.2) is 9.98 Å². The number of rotatable bonds is 6. The Kier molecular flexibility index (Phi) is 6.50. The molecule has 2 unspecified atom stereocenters. The van der Waals surface area contributed by atoms with Crippen LogP contribution in [0.4, 0.5) is 0 Å². The topological polar surface area (TPSA) is 52.6 Å². The van der Waals surface area contributed by atoms with Gasteiger partial charge in [0.15, 0.2) is 5.96 Å². The summed E-state index contributed by atoms with van der Waals surface area (Å²) in [5.41, 5.74) is 2.56. The van der Waals surface area contributed by atoms with Crippen LogP contribution in [-0.2, 0) is 13.1 Å². The molecule has 29 heavy (non-hydrogen) atoms. The van der Waals surface area contributed by atoms with Crippen LogP contribution in [0.15, 0.2) is 35.3 Å². The molecular formula is C23H33N5S. The van der Waals surface area contributed by atoms with Crippen molar-refractivity contribution in [2.24, 2.45) is 4.99 Å². The number of aryl methyl sites for hydroxylation is 2. The number of fused-ring (bicyclic) bond motifs is 2. The Morgan fingerprint density at radius 1 is 1.17 bits per heavy atom. The van der Waals surface area contributed by atoms with Gasteiger partial charge in [-0.3, -0.25) is 4.90 Å². The molecule has 156 valence electrons. The van der Waals surface area contributed by atoms with Gasteiger partial charge in [-0.2, -0.15) is 0 Å². The summed E-state index contributed by atoms with van der Waals surface area (Å²) >= 11 is 1.75. The van der Waals surface area contributed by atoms with E-state index in [2.05, 4.69) is 71.6 Å². The highest BCUT2D eigenvalue weighted by atomic mass is 32.1. The maximum Gasteiger partial charge on any atom is 0.191 e. The SMILES string of the molecule is CCNC(=NCc1nc(C)c(C)s1)NC1CC2CCC(C1)N2Cc1ccccc1. The number of aliphatic imine (C=N–C) groups is 1. The Morgan fingerprint density at radius 3 is 2.52 bits per heavy atom. The van der Waals surface area contributed by atoms with Crippen LogP contribution in [0.1, 0.15) is 53.7 Å². The summed E-state index contributed by atoms with van der Waals surface area (Å²) in [5, 5.41) is 8.24. The van der Waals surface area contributed by atoms with E-state index in [1.54, 1.807) is 11.3 Å². The van der Waals surface area contributed by atoms with E-state index < -0.39 is 0 Å². The first-order valence-electron chi connectivity index (χ1n) is 10.9. The molecular weight excluding hydrogens is 378 g/mol. The van der Waals surface area contributed by atoms with Crippen LogP contribution in [0.3, 0.4) is 0 Å². The van der Waals surface area contributed by atoms with Crippen molar-refractivity contribution >= 4 is 17.3 Å². The zero-order valence-electron chi connectivity index (χ0n) is 17.8. The van der Waals surface area contributed by atoms with Crippen LogP contribution >= 0.6 is 11.3 Å². The van der Waals surface area contributed by atoms with E-state index in [0.717, 1.165) is 29.8 Å². The van der Waals surface area contributed by atoms with Crippen LogP contribution in [-0.4, -0.2) is 40.5 Å². The van der Waals surface area contributed by atoms with Gasteiger partial charge in [0.05, 0.1) is 12.2 Å². The standard InChI is InChI=1S/C23H33N5S/c1-4-24-23(25-14-22-26-16(2)17(3)29-22)27-19-12-20-10-11-21(13-19)28(20)15-18-8-6-5-7-9-18/h5-9,19-21H,4,10-15H2,1-3H3,(H2,24,25,27). The number of nitrogens with one attached hydrogen (secondary N) is 2. The van der Waals surface area contributed by atoms with Crippen molar-refractivity contribution in [3.05, 3.63) is 51.5 Å². The zero-order chi connectivity index (χ0) is 20.2. The lowest BCUT2D eigenvalue weighted by Gasteiger charge is -2.39. The zero-order valence-corrected chi connectivity index (χ0v) is 18.6. The fraction of sp³-hybridized carbons (Fsp3) is 0.565. The van der Waals surface area contributed by atoms with Gasteiger partial charge in [0.2, 0.25) is 0 Å². The molecule has 0 amide bonds. The highest BCUT2D eigenvalue weighted by Crippen LogP contribution is 2.36. The predicted molar refractivity (Wildman–Crippen MR) is 121 cm³/mol. The molecule has 2 saturated heterocycles. The average molecular weight is 412 g/mol. The monoisotopic (exact) mass is 411 g/mol. The highest BCUT2D eigenvalue weighted by molar-refractivity contribution is 7.11. The minimum atomic E-state index is 0.497. The second kappa shape index (κ2) is 9.26. The van der Waals surface area contributed by atoms with Gasteiger partial charge in [-0.15, -0.1) is 11.3 Å². The van der Waals surface area contributed by atoms with Crippen LogP contribution in [0.2, 0.25) is 0 Å². The van der Waals surface area contributed by atoms with Crippen molar-refractivity contribution in [1.82, 2.24) is 20.5 Å². The first-order chi connectivity index (χ1) is 14.1. The van der Waals surface area contributed by atoms with Crippen LogP contribution < -0.4 is 10.6 Å². The number of piperidine rings is 1. The normalized spacial score (nSPS) is 24.7. The van der Waals surface area contributed by atoms with Crippen LogP contribution in [0.5, 0.6) is 0 Å². The smallest absolute Gasteiger partial charge is 0.191 e. The fourth-order valence-electron chi connectivity index (χ4n) is 4.71. The molecule has 2 aliphatic rings. The van der Waals surface area contributed by atoms with Gasteiger partial charge in [0.25, 0.3) is 0 Å². The van der Waals surface area contributed by atoms with E-state index in [0.29, 0.717) is 24.7 Å². The summed E-state index contributed by atoms with van der Waals surface area (Å²) in [6.45, 7) is 8.93. The molecule has 0 radical (unpaired) electrons. The second-order valence-corrected chi connectivity index (χ2v) is 9.59. The Morgan fingerprint density at radius 2 is 1.90 bits per heavy atom. The highest BCUT2D eigenvalue weighted by Gasteiger charge is 2.40. The van der Waals surface area contributed by atoms with Crippen molar-refractivity contribution in [1.29, 1.82) is 0 Å². The van der Waals surface area contributed by atoms with Crippen molar-refractivity contribution in [2.75, 3.05) is 6.54 Å². The molecule has 4 rings (SSSR count). The lowest BCUT2D eigenvalue weighted by molar-refractivity contribution is 0.114. The lowest BCUT2D eigenvalue weighted by Crippen LogP contribution is -2.52. The molecule has 2 atom stereocenters. The van der Waals surface area contributed by atoms with Gasteiger partial charge >= 0.3 is 0 Å². The molecule has 2 bridgehead atoms. The summed E-state index contributed by atoms with van der Waals surface area (Å²) in [4.78, 5) is 13.5. The second-order valence-electron chi connectivity index (χ2n) is 8.30. The van der Waals surface area contributed by atoms with Crippen molar-refractivity contribution < 1.29 is 0 Å². The van der Waals surface area contributed by atoms with E-state index in [9.17, 15) is 0 Å². The van der Waals surface area contributed by atoms with E-state index in [1.807, 2.05) is 0 Å². The third-order valence-corrected chi connectivity index (χ3v) is 7.28. The van der Waals surface area contributed by atoms with Crippen molar-refractivity contribution in [2.45, 2.75) is 77.7 Å². The number of hydrogen-bond acceptors (Lipinski definition) is 4. The number of nitrogens with zero attached hydrogens (tertiary/aromatic N) is 3. The van der Waals surface area contributed by atoms with E-state index in [4.69, 9.17) is 4.99 Å². The molecule has 2 fully saturated rings. The number of hydrogen-bond donors (Lipinski definition) is 2. The fourth-order valence-corrected chi connectivity index (χ4v) is 5.57. The van der Waals surface area contributed by atoms with Gasteiger partial charge in [0.1, 0.15) is 5.01 Å². The third kappa shape index (κ3) is 4.98. The largest absolute Gasteiger partial charge is 0.357 e. The lowest BCUT2D eigenvalue weighted by atomic mass is 9.96. The molecule has 2 aromatic rings. The summed E-state index contributed by atoms with van der Waals surface area (Å²) < 4.78 is 0. The Hall–Kier alpha value is -1.92. The Balaban J connectivity index is 1.36. The maximum atomic E-state index is 4.82. The van der Waals surface area contributed by atoms with E-state index >= 15 is 0 Å². The van der Waals surface area contributed by atoms with Gasteiger partial charge in [-0.1, -0.05) is 30.3 Å².